The molecule has 0 atom stereocenters. The van der Waals surface area contributed by atoms with Gasteiger partial charge in [0.25, 0.3) is 0 Å². The number of rotatable bonds is 5. The zero-order valence-electron chi connectivity index (χ0n) is 5.06. The van der Waals surface area contributed by atoms with Crippen molar-refractivity contribution in [3.05, 3.63) is 0 Å². The summed E-state index contributed by atoms with van der Waals surface area (Å²) in [6.07, 6.45) is 0.420. The van der Waals surface area contributed by atoms with E-state index in [-0.39, 0.29) is 13.2 Å². The van der Waals surface area contributed by atoms with Crippen LogP contribution in [0.15, 0.2) is 0 Å². The standard InChI is InChI=1S/C3H8NO5P/c5-3-4-1-2-9-10(6,7)8/h3H,1-2H2,(H,4,5)(H2,6,7,8). The Labute approximate surface area is 57.4 Å². The zero-order valence-corrected chi connectivity index (χ0v) is 5.95. The van der Waals surface area contributed by atoms with Crippen molar-refractivity contribution in [3.63, 3.8) is 0 Å². The quantitative estimate of drug-likeness (QED) is 0.274. The Kier molecular flexibility index (Phi) is 4.22. The molecule has 10 heavy (non-hydrogen) atoms. The van der Waals surface area contributed by atoms with Crippen molar-refractivity contribution in [1.29, 1.82) is 0 Å². The third-order valence-electron chi connectivity index (χ3n) is 0.589. The van der Waals surface area contributed by atoms with Crippen molar-refractivity contribution in [2.24, 2.45) is 0 Å². The van der Waals surface area contributed by atoms with E-state index in [0.717, 1.165) is 0 Å². The smallest absolute Gasteiger partial charge is 0.356 e. The number of carbonyl (C=O) groups excluding carboxylic acids is 1. The Bertz CT molecular complexity index is 142. The zero-order chi connectivity index (χ0) is 8.04. The van der Waals surface area contributed by atoms with Crippen LogP contribution in [0.3, 0.4) is 0 Å². The van der Waals surface area contributed by atoms with Gasteiger partial charge in [-0.05, 0) is 0 Å². The van der Waals surface area contributed by atoms with Crippen molar-refractivity contribution in [3.8, 4) is 0 Å². The minimum absolute atomic E-state index is 0.0919. The summed E-state index contributed by atoms with van der Waals surface area (Å²) in [4.78, 5) is 25.7. The van der Waals surface area contributed by atoms with E-state index in [2.05, 4.69) is 9.84 Å². The third kappa shape index (κ3) is 7.58. The van der Waals surface area contributed by atoms with Crippen LogP contribution in [0.25, 0.3) is 0 Å². The average molecular weight is 169 g/mol. The molecule has 0 radical (unpaired) electrons. The summed E-state index contributed by atoms with van der Waals surface area (Å²) in [6.45, 7) is -0.0996. The van der Waals surface area contributed by atoms with Crippen LogP contribution in [0.4, 0.5) is 0 Å². The topological polar surface area (TPSA) is 95.9 Å². The van der Waals surface area contributed by atoms with Crippen LogP contribution in [-0.2, 0) is 13.9 Å². The van der Waals surface area contributed by atoms with E-state index in [0.29, 0.717) is 6.41 Å². The van der Waals surface area contributed by atoms with Gasteiger partial charge >= 0.3 is 7.82 Å². The van der Waals surface area contributed by atoms with Gasteiger partial charge in [-0.1, -0.05) is 0 Å². The Morgan fingerprint density at radius 3 is 2.60 bits per heavy atom. The summed E-state index contributed by atoms with van der Waals surface area (Å²) in [5, 5.41) is 2.17. The highest BCUT2D eigenvalue weighted by atomic mass is 31.2. The van der Waals surface area contributed by atoms with E-state index in [4.69, 9.17) is 9.79 Å². The van der Waals surface area contributed by atoms with Gasteiger partial charge in [0.15, 0.2) is 0 Å². The lowest BCUT2D eigenvalue weighted by atomic mass is 10.7. The molecule has 0 aromatic carbocycles. The van der Waals surface area contributed by atoms with Crippen LogP contribution >= 0.6 is 7.82 Å². The molecule has 0 aliphatic heterocycles. The second-order valence-electron chi connectivity index (χ2n) is 1.40. The summed E-state index contributed by atoms with van der Waals surface area (Å²) in [6, 6.07) is 0. The second-order valence-corrected chi connectivity index (χ2v) is 2.64. The minimum Gasteiger partial charge on any atom is -0.356 e. The maximum Gasteiger partial charge on any atom is 0.469 e. The van der Waals surface area contributed by atoms with Gasteiger partial charge in [-0.15, -0.1) is 0 Å². The first-order valence-corrected chi connectivity index (χ1v) is 3.96. The first-order valence-electron chi connectivity index (χ1n) is 2.43. The van der Waals surface area contributed by atoms with Gasteiger partial charge in [0, 0.05) is 6.54 Å². The second kappa shape index (κ2) is 4.40. The van der Waals surface area contributed by atoms with Gasteiger partial charge in [0.1, 0.15) is 0 Å². The van der Waals surface area contributed by atoms with E-state index in [1.54, 1.807) is 0 Å². The van der Waals surface area contributed by atoms with Crippen LogP contribution in [0.1, 0.15) is 0 Å². The molecule has 0 aromatic rings. The molecule has 6 nitrogen and oxygen atoms in total. The van der Waals surface area contributed by atoms with Gasteiger partial charge in [-0.2, -0.15) is 0 Å². The molecule has 0 unspecified atom stereocenters. The number of nitrogens with one attached hydrogen (secondary N) is 1. The first kappa shape index (κ1) is 9.58. The van der Waals surface area contributed by atoms with Crippen LogP contribution in [-0.4, -0.2) is 29.3 Å². The van der Waals surface area contributed by atoms with Crippen molar-refractivity contribution in [2.75, 3.05) is 13.2 Å². The molecule has 7 heteroatoms. The third-order valence-corrected chi connectivity index (χ3v) is 1.11. The molecular formula is C3H8NO5P. The molecule has 0 aromatic heterocycles. The molecule has 0 saturated carbocycles. The molecule has 0 aliphatic carbocycles. The number of phosphoric ester groups is 1. The highest BCUT2D eigenvalue weighted by Gasteiger charge is 2.11. The lowest BCUT2D eigenvalue weighted by Crippen LogP contribution is -2.16. The summed E-state index contributed by atoms with van der Waals surface area (Å²) in [5.74, 6) is 0. The number of amides is 1. The van der Waals surface area contributed by atoms with E-state index in [9.17, 15) is 9.36 Å². The summed E-state index contributed by atoms with van der Waals surface area (Å²) >= 11 is 0. The molecule has 0 rings (SSSR count). The maximum absolute atomic E-state index is 9.95. The Hall–Kier alpha value is -0.420. The molecule has 3 N–H and O–H groups in total. The molecule has 0 heterocycles. The summed E-state index contributed by atoms with van der Waals surface area (Å²) in [7, 11) is -4.36. The van der Waals surface area contributed by atoms with Crippen LogP contribution < -0.4 is 5.32 Å². The first-order chi connectivity index (χ1) is 4.56. The van der Waals surface area contributed by atoms with Gasteiger partial charge < -0.3 is 15.1 Å². The normalized spacial score (nSPS) is 11.0. The molecule has 0 spiro atoms. The van der Waals surface area contributed by atoms with Crippen LogP contribution in [0.5, 0.6) is 0 Å². The molecular weight excluding hydrogens is 161 g/mol. The molecule has 0 bridgehead atoms. The lowest BCUT2D eigenvalue weighted by molar-refractivity contribution is -0.109. The predicted molar refractivity (Wildman–Crippen MR) is 32.1 cm³/mol. The number of carbonyl (C=O) groups is 1. The molecule has 60 valence electrons. The van der Waals surface area contributed by atoms with Crippen molar-refractivity contribution in [2.45, 2.75) is 0 Å². The largest absolute Gasteiger partial charge is 0.469 e. The molecule has 0 fully saturated rings. The average Bonchev–Trinajstić information content (AvgIpc) is 1.78. The fraction of sp³-hybridized carbons (Fsp3) is 0.667. The van der Waals surface area contributed by atoms with Crippen molar-refractivity contribution >= 4 is 14.2 Å². The highest BCUT2D eigenvalue weighted by Crippen LogP contribution is 2.34. The van der Waals surface area contributed by atoms with Crippen molar-refractivity contribution < 1.29 is 23.7 Å². The van der Waals surface area contributed by atoms with E-state index in [1.807, 2.05) is 0 Å². The van der Waals surface area contributed by atoms with Crippen LogP contribution in [0.2, 0.25) is 0 Å². The maximum atomic E-state index is 9.95. The predicted octanol–water partition coefficient (Wildman–Crippen LogP) is -1.16. The van der Waals surface area contributed by atoms with Crippen molar-refractivity contribution in [1.82, 2.24) is 5.32 Å². The minimum atomic E-state index is -4.36. The molecule has 0 aliphatic rings. The fourth-order valence-corrected chi connectivity index (χ4v) is 0.612. The lowest BCUT2D eigenvalue weighted by Gasteiger charge is -2.02. The number of phosphoric acid groups is 1. The van der Waals surface area contributed by atoms with Crippen LogP contribution in [0, 0.1) is 0 Å². The molecule has 0 saturated heterocycles. The van der Waals surface area contributed by atoms with Gasteiger partial charge in [0.05, 0.1) is 6.61 Å². The van der Waals surface area contributed by atoms with Gasteiger partial charge in [-0.25, -0.2) is 4.57 Å². The van der Waals surface area contributed by atoms with Gasteiger partial charge in [-0.3, -0.25) is 9.32 Å². The Morgan fingerprint density at radius 1 is 1.60 bits per heavy atom. The SMILES string of the molecule is O=CNCCOP(=O)(O)O. The summed E-state index contributed by atoms with van der Waals surface area (Å²) in [5.41, 5.74) is 0. The van der Waals surface area contributed by atoms with E-state index < -0.39 is 7.82 Å². The summed E-state index contributed by atoms with van der Waals surface area (Å²) < 4.78 is 13.9. The van der Waals surface area contributed by atoms with Gasteiger partial charge in [0.2, 0.25) is 6.41 Å². The van der Waals surface area contributed by atoms with E-state index >= 15 is 0 Å². The monoisotopic (exact) mass is 169 g/mol. The highest BCUT2D eigenvalue weighted by molar-refractivity contribution is 7.46. The number of hydrogen-bond donors (Lipinski definition) is 3. The molecule has 1 amide bonds. The van der Waals surface area contributed by atoms with E-state index in [1.165, 1.54) is 0 Å². The Morgan fingerprint density at radius 2 is 2.20 bits per heavy atom. The number of hydrogen-bond acceptors (Lipinski definition) is 3. The fourth-order valence-electron chi connectivity index (χ4n) is 0.282. The Balaban J connectivity index is 3.20.